The normalized spacial score (nSPS) is 15.3. The zero-order valence-corrected chi connectivity index (χ0v) is 12.6. The number of alkyl carbamates (subject to hydrolysis) is 1. The van der Waals surface area contributed by atoms with Gasteiger partial charge in [0, 0.05) is 0 Å². The second-order valence-electron chi connectivity index (χ2n) is 6.13. The summed E-state index contributed by atoms with van der Waals surface area (Å²) < 4.78 is 5.21. The van der Waals surface area contributed by atoms with E-state index in [4.69, 9.17) is 4.74 Å². The molecule has 4 heteroatoms. The van der Waals surface area contributed by atoms with Crippen molar-refractivity contribution in [3.63, 3.8) is 0 Å². The number of hydrogen-bond acceptors (Lipinski definition) is 3. The molecule has 2 unspecified atom stereocenters. The molecule has 0 bridgehead atoms. The summed E-state index contributed by atoms with van der Waals surface area (Å²) in [5.74, 6) is 0.171. The van der Waals surface area contributed by atoms with Gasteiger partial charge in [0.1, 0.15) is 5.60 Å². The predicted molar refractivity (Wildman–Crippen MR) is 73.5 cm³/mol. The first kappa shape index (κ1) is 17.2. The molecule has 0 radical (unpaired) electrons. The van der Waals surface area contributed by atoms with Gasteiger partial charge in [0.15, 0.2) is 0 Å². The van der Waals surface area contributed by atoms with Crippen molar-refractivity contribution in [1.82, 2.24) is 5.32 Å². The Bertz CT molecular complexity index is 246. The number of rotatable bonds is 6. The largest absolute Gasteiger partial charge is 0.444 e. The van der Waals surface area contributed by atoms with Gasteiger partial charge in [-0.1, -0.05) is 33.6 Å². The Hall–Kier alpha value is -0.770. The van der Waals surface area contributed by atoms with Gasteiger partial charge in [0.25, 0.3) is 0 Å². The molecule has 0 heterocycles. The van der Waals surface area contributed by atoms with Crippen LogP contribution in [0.3, 0.4) is 0 Å². The topological polar surface area (TPSA) is 58.6 Å². The summed E-state index contributed by atoms with van der Waals surface area (Å²) in [7, 11) is 0. The monoisotopic (exact) mass is 259 g/mol. The molecule has 0 aliphatic rings. The van der Waals surface area contributed by atoms with E-state index in [9.17, 15) is 9.90 Å². The second-order valence-corrected chi connectivity index (χ2v) is 6.13. The first-order valence-corrected chi connectivity index (χ1v) is 6.85. The lowest BCUT2D eigenvalue weighted by Crippen LogP contribution is -2.48. The average Bonchev–Trinajstić information content (AvgIpc) is 2.19. The summed E-state index contributed by atoms with van der Waals surface area (Å²) in [4.78, 5) is 11.7. The van der Waals surface area contributed by atoms with Crippen LogP contribution in [0.25, 0.3) is 0 Å². The molecule has 0 aliphatic carbocycles. The van der Waals surface area contributed by atoms with Crippen molar-refractivity contribution >= 4 is 6.09 Å². The highest BCUT2D eigenvalue weighted by Gasteiger charge is 2.26. The van der Waals surface area contributed by atoms with Crippen LogP contribution in [0.4, 0.5) is 4.79 Å². The van der Waals surface area contributed by atoms with Crippen molar-refractivity contribution in [2.45, 2.75) is 78.6 Å². The van der Waals surface area contributed by atoms with Crippen LogP contribution < -0.4 is 5.32 Å². The standard InChI is InChI=1S/C14H29NO3/c1-7-8-9-11(16)12(10(2)3)15-13(17)18-14(4,5)6/h10-12,16H,7-9H2,1-6H3,(H,15,17). The molecule has 108 valence electrons. The van der Waals surface area contributed by atoms with E-state index in [0.29, 0.717) is 6.42 Å². The number of aliphatic hydroxyl groups excluding tert-OH is 1. The molecule has 0 spiro atoms. The van der Waals surface area contributed by atoms with Gasteiger partial charge in [-0.05, 0) is 33.1 Å². The fourth-order valence-electron chi connectivity index (χ4n) is 1.74. The lowest BCUT2D eigenvalue weighted by Gasteiger charge is -2.29. The van der Waals surface area contributed by atoms with Gasteiger partial charge in [0.05, 0.1) is 12.1 Å². The van der Waals surface area contributed by atoms with Crippen molar-refractivity contribution < 1.29 is 14.6 Å². The van der Waals surface area contributed by atoms with E-state index in [1.165, 1.54) is 0 Å². The zero-order valence-electron chi connectivity index (χ0n) is 12.6. The fraction of sp³-hybridized carbons (Fsp3) is 0.929. The van der Waals surface area contributed by atoms with Crippen molar-refractivity contribution in [1.29, 1.82) is 0 Å². The van der Waals surface area contributed by atoms with E-state index in [0.717, 1.165) is 12.8 Å². The number of aliphatic hydroxyl groups is 1. The van der Waals surface area contributed by atoms with E-state index < -0.39 is 17.8 Å². The van der Waals surface area contributed by atoms with Gasteiger partial charge < -0.3 is 15.2 Å². The lowest BCUT2D eigenvalue weighted by molar-refractivity contribution is 0.0360. The molecule has 0 saturated carbocycles. The minimum absolute atomic E-state index is 0.171. The molecular weight excluding hydrogens is 230 g/mol. The second kappa shape index (κ2) is 7.62. The molecule has 0 aliphatic heterocycles. The highest BCUT2D eigenvalue weighted by Crippen LogP contribution is 2.14. The number of ether oxygens (including phenoxy) is 1. The predicted octanol–water partition coefficient (Wildman–Crippen LogP) is 3.09. The van der Waals surface area contributed by atoms with Crippen LogP contribution in [-0.2, 0) is 4.74 Å². The van der Waals surface area contributed by atoms with Crippen molar-refractivity contribution in [2.24, 2.45) is 5.92 Å². The zero-order chi connectivity index (χ0) is 14.3. The Morgan fingerprint density at radius 1 is 1.33 bits per heavy atom. The van der Waals surface area contributed by atoms with Gasteiger partial charge in [0.2, 0.25) is 0 Å². The Kier molecular flexibility index (Phi) is 7.29. The minimum atomic E-state index is -0.516. The maximum absolute atomic E-state index is 11.7. The van der Waals surface area contributed by atoms with Crippen molar-refractivity contribution in [3.05, 3.63) is 0 Å². The van der Waals surface area contributed by atoms with Crippen molar-refractivity contribution in [3.8, 4) is 0 Å². The maximum Gasteiger partial charge on any atom is 0.407 e. The molecule has 0 aromatic carbocycles. The molecule has 0 fully saturated rings. The van der Waals surface area contributed by atoms with E-state index in [1.54, 1.807) is 0 Å². The number of carbonyl (C=O) groups excluding carboxylic acids is 1. The number of hydrogen-bond donors (Lipinski definition) is 2. The molecule has 18 heavy (non-hydrogen) atoms. The quantitative estimate of drug-likeness (QED) is 0.770. The molecular formula is C14H29NO3. The summed E-state index contributed by atoms with van der Waals surface area (Å²) in [6.07, 6.45) is 1.72. The molecule has 0 saturated heterocycles. The van der Waals surface area contributed by atoms with Gasteiger partial charge in [-0.3, -0.25) is 0 Å². The van der Waals surface area contributed by atoms with Crippen LogP contribution in [0.1, 0.15) is 60.8 Å². The molecule has 2 atom stereocenters. The summed E-state index contributed by atoms with van der Waals surface area (Å²) in [6.45, 7) is 11.5. The molecule has 2 N–H and O–H groups in total. The fourth-order valence-corrected chi connectivity index (χ4v) is 1.74. The molecule has 0 rings (SSSR count). The Morgan fingerprint density at radius 3 is 2.28 bits per heavy atom. The SMILES string of the molecule is CCCCC(O)C(NC(=O)OC(C)(C)C)C(C)C. The Labute approximate surface area is 111 Å². The van der Waals surface area contributed by atoms with E-state index in [1.807, 2.05) is 34.6 Å². The van der Waals surface area contributed by atoms with Crippen LogP contribution in [0.2, 0.25) is 0 Å². The first-order chi connectivity index (χ1) is 8.17. The summed E-state index contributed by atoms with van der Waals surface area (Å²) >= 11 is 0. The third-order valence-electron chi connectivity index (χ3n) is 2.67. The number of unbranched alkanes of at least 4 members (excludes halogenated alkanes) is 1. The van der Waals surface area contributed by atoms with Crippen molar-refractivity contribution in [2.75, 3.05) is 0 Å². The molecule has 0 aromatic heterocycles. The van der Waals surface area contributed by atoms with E-state index in [2.05, 4.69) is 12.2 Å². The Morgan fingerprint density at radius 2 is 1.89 bits per heavy atom. The van der Waals surface area contributed by atoms with Crippen LogP contribution in [0.5, 0.6) is 0 Å². The molecule has 1 amide bonds. The maximum atomic E-state index is 11.7. The summed E-state index contributed by atoms with van der Waals surface area (Å²) in [5, 5.41) is 12.9. The smallest absolute Gasteiger partial charge is 0.407 e. The van der Waals surface area contributed by atoms with E-state index in [-0.39, 0.29) is 12.0 Å². The molecule has 0 aromatic rings. The highest BCUT2D eigenvalue weighted by molar-refractivity contribution is 5.68. The third kappa shape index (κ3) is 7.54. The lowest BCUT2D eigenvalue weighted by atomic mass is 9.95. The molecule has 4 nitrogen and oxygen atoms in total. The summed E-state index contributed by atoms with van der Waals surface area (Å²) in [6, 6.07) is -0.258. The van der Waals surface area contributed by atoms with Crippen LogP contribution in [0, 0.1) is 5.92 Å². The highest BCUT2D eigenvalue weighted by atomic mass is 16.6. The first-order valence-electron chi connectivity index (χ1n) is 6.85. The average molecular weight is 259 g/mol. The van der Waals surface area contributed by atoms with Crippen LogP contribution in [0.15, 0.2) is 0 Å². The van der Waals surface area contributed by atoms with E-state index >= 15 is 0 Å². The minimum Gasteiger partial charge on any atom is -0.444 e. The number of amides is 1. The number of nitrogens with one attached hydrogen (secondary N) is 1. The van der Waals surface area contributed by atoms with Gasteiger partial charge in [-0.2, -0.15) is 0 Å². The third-order valence-corrected chi connectivity index (χ3v) is 2.67. The van der Waals surface area contributed by atoms with Crippen LogP contribution >= 0.6 is 0 Å². The van der Waals surface area contributed by atoms with Gasteiger partial charge >= 0.3 is 6.09 Å². The number of carbonyl (C=O) groups is 1. The Balaban J connectivity index is 4.39. The summed E-state index contributed by atoms with van der Waals surface area (Å²) in [5.41, 5.74) is -0.514. The van der Waals surface area contributed by atoms with Gasteiger partial charge in [-0.25, -0.2) is 4.79 Å². The van der Waals surface area contributed by atoms with Gasteiger partial charge in [-0.15, -0.1) is 0 Å². The van der Waals surface area contributed by atoms with Crippen LogP contribution in [-0.4, -0.2) is 28.9 Å².